The molecule has 0 aliphatic carbocycles. The van der Waals surface area contributed by atoms with Gasteiger partial charge in [0, 0.05) is 25.4 Å². The average Bonchev–Trinajstić information content (AvgIpc) is 3.07. The topological polar surface area (TPSA) is 75.9 Å². The summed E-state index contributed by atoms with van der Waals surface area (Å²) in [7, 11) is 1.85. The lowest BCUT2D eigenvalue weighted by molar-refractivity contribution is 0.0670. The molecule has 132 valence electrons. The molecule has 7 nitrogen and oxygen atoms in total. The molecule has 2 atom stereocenters. The van der Waals surface area contributed by atoms with Gasteiger partial charge in [0.25, 0.3) is 0 Å². The number of nitrogens with zero attached hydrogens (tertiary/aromatic N) is 5. The molecule has 3 aromatic rings. The summed E-state index contributed by atoms with van der Waals surface area (Å²) in [6, 6.07) is 13.6. The summed E-state index contributed by atoms with van der Waals surface area (Å²) >= 11 is 0. The van der Waals surface area contributed by atoms with Crippen molar-refractivity contribution in [3.05, 3.63) is 60.4 Å². The van der Waals surface area contributed by atoms with Crippen molar-refractivity contribution in [1.29, 1.82) is 0 Å². The van der Waals surface area contributed by atoms with E-state index in [1.165, 1.54) is 0 Å². The summed E-state index contributed by atoms with van der Waals surface area (Å²) < 4.78 is 1.71. The Balaban J connectivity index is 1.45. The third-order valence-corrected chi connectivity index (χ3v) is 4.66. The summed E-state index contributed by atoms with van der Waals surface area (Å²) in [5.41, 5.74) is 2.76. The van der Waals surface area contributed by atoms with Crippen LogP contribution in [0.2, 0.25) is 0 Å². The van der Waals surface area contributed by atoms with Crippen LogP contribution in [0.15, 0.2) is 54.9 Å². The van der Waals surface area contributed by atoms with Gasteiger partial charge in [0.2, 0.25) is 0 Å². The van der Waals surface area contributed by atoms with E-state index in [4.69, 9.17) is 0 Å². The monoisotopic (exact) mass is 348 g/mol. The third-order valence-electron chi connectivity index (χ3n) is 4.66. The van der Waals surface area contributed by atoms with Crippen LogP contribution < -0.4 is 5.32 Å². The van der Waals surface area contributed by atoms with Gasteiger partial charge in [-0.15, -0.1) is 10.2 Å². The Hall–Kier alpha value is -3.22. The van der Waals surface area contributed by atoms with Crippen LogP contribution in [0.25, 0.3) is 11.3 Å². The normalized spacial score (nSPS) is 19.1. The van der Waals surface area contributed by atoms with Crippen LogP contribution in [0.3, 0.4) is 0 Å². The highest BCUT2D eigenvalue weighted by Crippen LogP contribution is 2.38. The Morgan fingerprint density at radius 2 is 1.96 bits per heavy atom. The second kappa shape index (κ2) is 6.59. The molecular weight excluding hydrogens is 328 g/mol. The van der Waals surface area contributed by atoms with E-state index in [0.29, 0.717) is 11.7 Å². The Morgan fingerprint density at radius 1 is 1.15 bits per heavy atom. The van der Waals surface area contributed by atoms with Crippen LogP contribution in [-0.2, 0) is 7.05 Å². The number of aromatic nitrogens is 4. The SMILES string of the molecule is C[C@H]1CN(C(=O)Nc2ccc(-c3cnn(C)c3)nn2)[C@H]1c1ccccc1. The smallest absolute Gasteiger partial charge is 0.317 e. The van der Waals surface area contributed by atoms with Gasteiger partial charge in [0.05, 0.1) is 17.9 Å². The molecular formula is C19H20N6O. The number of benzene rings is 1. The highest BCUT2D eigenvalue weighted by atomic mass is 16.2. The Kier molecular flexibility index (Phi) is 4.12. The van der Waals surface area contributed by atoms with Gasteiger partial charge in [-0.25, -0.2) is 4.79 Å². The fourth-order valence-electron chi connectivity index (χ4n) is 3.35. The molecule has 0 unspecified atom stereocenters. The first-order valence-electron chi connectivity index (χ1n) is 8.57. The summed E-state index contributed by atoms with van der Waals surface area (Å²) in [6.45, 7) is 2.89. The fraction of sp³-hybridized carbons (Fsp3) is 0.263. The zero-order valence-corrected chi connectivity index (χ0v) is 14.7. The molecule has 1 aromatic carbocycles. The second-order valence-corrected chi connectivity index (χ2v) is 6.62. The van der Waals surface area contributed by atoms with Crippen LogP contribution in [0, 0.1) is 5.92 Å². The number of amides is 2. The van der Waals surface area contributed by atoms with E-state index in [2.05, 4.69) is 39.7 Å². The van der Waals surface area contributed by atoms with Gasteiger partial charge >= 0.3 is 6.03 Å². The van der Waals surface area contributed by atoms with Crippen LogP contribution in [-0.4, -0.2) is 37.5 Å². The number of hydrogen-bond donors (Lipinski definition) is 1. The van der Waals surface area contributed by atoms with Crippen LogP contribution in [0.5, 0.6) is 0 Å². The minimum Gasteiger partial charge on any atom is -0.317 e. The molecule has 0 saturated carbocycles. The van der Waals surface area contributed by atoms with Crippen molar-refractivity contribution in [2.45, 2.75) is 13.0 Å². The molecule has 26 heavy (non-hydrogen) atoms. The number of anilines is 1. The van der Waals surface area contributed by atoms with E-state index >= 15 is 0 Å². The lowest BCUT2D eigenvalue weighted by Gasteiger charge is -2.46. The van der Waals surface area contributed by atoms with Crippen molar-refractivity contribution < 1.29 is 4.79 Å². The minimum absolute atomic E-state index is 0.0961. The minimum atomic E-state index is -0.152. The van der Waals surface area contributed by atoms with Crippen molar-refractivity contribution in [1.82, 2.24) is 24.9 Å². The third kappa shape index (κ3) is 3.03. The number of likely N-dealkylation sites (tertiary alicyclic amines) is 1. The average molecular weight is 348 g/mol. The highest BCUT2D eigenvalue weighted by molar-refractivity contribution is 5.89. The van der Waals surface area contributed by atoms with Gasteiger partial charge in [-0.2, -0.15) is 5.10 Å². The zero-order valence-electron chi connectivity index (χ0n) is 14.7. The predicted molar refractivity (Wildman–Crippen MR) is 98.3 cm³/mol. The molecule has 3 heterocycles. The molecule has 1 N–H and O–H groups in total. The molecule has 1 fully saturated rings. The number of urea groups is 1. The van der Waals surface area contributed by atoms with Crippen molar-refractivity contribution in [3.63, 3.8) is 0 Å². The number of rotatable bonds is 3. The molecule has 1 aliphatic heterocycles. The van der Waals surface area contributed by atoms with Gasteiger partial charge < -0.3 is 4.90 Å². The fourth-order valence-corrected chi connectivity index (χ4v) is 3.35. The lowest BCUT2D eigenvalue weighted by atomic mass is 9.85. The number of aryl methyl sites for hydroxylation is 1. The number of carbonyl (C=O) groups is 1. The lowest BCUT2D eigenvalue weighted by Crippen LogP contribution is -2.53. The van der Waals surface area contributed by atoms with Gasteiger partial charge in [-0.05, 0) is 23.6 Å². The zero-order chi connectivity index (χ0) is 18.1. The van der Waals surface area contributed by atoms with Gasteiger partial charge in [0.15, 0.2) is 5.82 Å². The summed E-state index contributed by atoms with van der Waals surface area (Å²) in [5.74, 6) is 0.871. The van der Waals surface area contributed by atoms with E-state index in [9.17, 15) is 4.79 Å². The molecule has 0 bridgehead atoms. The van der Waals surface area contributed by atoms with Gasteiger partial charge in [-0.3, -0.25) is 10.00 Å². The number of hydrogen-bond acceptors (Lipinski definition) is 4. The van der Waals surface area contributed by atoms with E-state index in [1.807, 2.05) is 42.4 Å². The maximum Gasteiger partial charge on any atom is 0.323 e. The first-order valence-corrected chi connectivity index (χ1v) is 8.57. The molecule has 0 radical (unpaired) electrons. The van der Waals surface area contributed by atoms with Crippen LogP contribution in [0.4, 0.5) is 10.6 Å². The predicted octanol–water partition coefficient (Wildman–Crippen LogP) is 3.10. The van der Waals surface area contributed by atoms with E-state index in [-0.39, 0.29) is 12.1 Å². The standard InChI is InChI=1S/C19H20N6O/c1-13-11-25(18(13)14-6-4-3-5-7-14)19(26)21-17-9-8-16(22-23-17)15-10-20-24(2)12-15/h3-10,12-13,18H,11H2,1-2H3,(H,21,23,26)/t13-,18+/m0/s1. The molecule has 0 spiro atoms. The van der Waals surface area contributed by atoms with E-state index in [1.54, 1.807) is 16.9 Å². The molecule has 2 amide bonds. The Labute approximate surface area is 151 Å². The molecule has 2 aromatic heterocycles. The van der Waals surface area contributed by atoms with Gasteiger partial charge in [-0.1, -0.05) is 37.3 Å². The quantitative estimate of drug-likeness (QED) is 0.789. The summed E-state index contributed by atoms with van der Waals surface area (Å²) in [4.78, 5) is 14.4. The molecule has 1 saturated heterocycles. The highest BCUT2D eigenvalue weighted by Gasteiger charge is 2.40. The summed E-state index contributed by atoms with van der Waals surface area (Å²) in [6.07, 6.45) is 3.60. The van der Waals surface area contributed by atoms with Crippen molar-refractivity contribution in [3.8, 4) is 11.3 Å². The van der Waals surface area contributed by atoms with Crippen LogP contribution >= 0.6 is 0 Å². The number of nitrogens with one attached hydrogen (secondary N) is 1. The number of carbonyl (C=O) groups excluding carboxylic acids is 1. The van der Waals surface area contributed by atoms with Crippen LogP contribution in [0.1, 0.15) is 18.5 Å². The first kappa shape index (κ1) is 16.3. The van der Waals surface area contributed by atoms with Crippen molar-refractivity contribution >= 4 is 11.8 Å². The Bertz CT molecular complexity index is 905. The molecule has 7 heteroatoms. The van der Waals surface area contributed by atoms with Crippen molar-refractivity contribution in [2.75, 3.05) is 11.9 Å². The maximum absolute atomic E-state index is 12.6. The maximum atomic E-state index is 12.6. The van der Waals surface area contributed by atoms with E-state index in [0.717, 1.165) is 23.4 Å². The van der Waals surface area contributed by atoms with Gasteiger partial charge in [0.1, 0.15) is 0 Å². The Morgan fingerprint density at radius 3 is 2.58 bits per heavy atom. The van der Waals surface area contributed by atoms with E-state index < -0.39 is 0 Å². The second-order valence-electron chi connectivity index (χ2n) is 6.62. The summed E-state index contributed by atoms with van der Waals surface area (Å²) in [5, 5.41) is 15.3. The van der Waals surface area contributed by atoms with Crippen molar-refractivity contribution in [2.24, 2.45) is 13.0 Å². The largest absolute Gasteiger partial charge is 0.323 e. The molecule has 1 aliphatic rings. The molecule has 4 rings (SSSR count). The first-order chi connectivity index (χ1) is 12.6.